The summed E-state index contributed by atoms with van der Waals surface area (Å²) in [5, 5.41) is 9.35. The van der Waals surface area contributed by atoms with Crippen LogP contribution >= 0.6 is 23.2 Å². The number of piperidine rings is 1. The Hall–Kier alpha value is -1.07. The molecule has 5 nitrogen and oxygen atoms in total. The second-order valence-electron chi connectivity index (χ2n) is 3.94. The van der Waals surface area contributed by atoms with Crippen molar-refractivity contribution in [2.75, 3.05) is 18.0 Å². The third-order valence-corrected chi connectivity index (χ3v) is 3.27. The van der Waals surface area contributed by atoms with Gasteiger partial charge in [0.1, 0.15) is 0 Å². The van der Waals surface area contributed by atoms with Crippen molar-refractivity contribution < 1.29 is 9.90 Å². The average molecular weight is 276 g/mol. The molecule has 0 bridgehead atoms. The maximum atomic E-state index is 11.0. The fourth-order valence-corrected chi connectivity index (χ4v) is 2.37. The molecule has 1 aromatic rings. The molecule has 1 atom stereocenters. The summed E-state index contributed by atoms with van der Waals surface area (Å²) in [6, 6.07) is 0. The Labute approximate surface area is 108 Å². The van der Waals surface area contributed by atoms with Crippen molar-refractivity contribution in [3.05, 3.63) is 16.6 Å². The molecule has 1 fully saturated rings. The first kappa shape index (κ1) is 12.4. The molecule has 1 aromatic heterocycles. The molecular formula is C10H11Cl2N3O2. The molecule has 0 unspecified atom stereocenters. The summed E-state index contributed by atoms with van der Waals surface area (Å²) in [4.78, 5) is 20.6. The van der Waals surface area contributed by atoms with Crippen molar-refractivity contribution in [1.29, 1.82) is 0 Å². The van der Waals surface area contributed by atoms with Crippen LogP contribution in [0.4, 0.5) is 5.69 Å². The van der Waals surface area contributed by atoms with Crippen LogP contribution in [0.3, 0.4) is 0 Å². The molecule has 7 heteroatoms. The summed E-state index contributed by atoms with van der Waals surface area (Å²) in [6.07, 6.45) is 3.04. The summed E-state index contributed by atoms with van der Waals surface area (Å²) in [6.45, 7) is 1.19. The van der Waals surface area contributed by atoms with E-state index < -0.39 is 5.97 Å². The molecule has 0 amide bonds. The predicted octanol–water partition coefficient (Wildman–Crippen LogP) is 2.08. The highest BCUT2D eigenvalue weighted by Gasteiger charge is 2.26. The topological polar surface area (TPSA) is 66.3 Å². The van der Waals surface area contributed by atoms with Crippen molar-refractivity contribution in [3.63, 3.8) is 0 Å². The van der Waals surface area contributed by atoms with Gasteiger partial charge in [-0.05, 0) is 24.4 Å². The van der Waals surface area contributed by atoms with Crippen LogP contribution in [0.2, 0.25) is 10.4 Å². The van der Waals surface area contributed by atoms with E-state index in [1.54, 1.807) is 0 Å². The lowest BCUT2D eigenvalue weighted by Gasteiger charge is -2.32. The summed E-state index contributed by atoms with van der Waals surface area (Å²) in [5.41, 5.74) is 0.641. The van der Waals surface area contributed by atoms with Crippen LogP contribution < -0.4 is 4.90 Å². The molecule has 1 saturated heterocycles. The predicted molar refractivity (Wildman–Crippen MR) is 64.6 cm³/mol. The molecule has 0 aromatic carbocycles. The van der Waals surface area contributed by atoms with Gasteiger partial charge in [-0.15, -0.1) is 0 Å². The zero-order valence-electron chi connectivity index (χ0n) is 8.94. The summed E-state index contributed by atoms with van der Waals surface area (Å²) in [5.74, 6) is -1.14. The molecule has 0 saturated carbocycles. The van der Waals surface area contributed by atoms with Crippen LogP contribution in [0, 0.1) is 5.92 Å². The normalized spacial score (nSPS) is 20.4. The molecule has 17 heavy (non-hydrogen) atoms. The summed E-state index contributed by atoms with van der Waals surface area (Å²) >= 11 is 11.6. The maximum absolute atomic E-state index is 11.0. The number of aliphatic carboxylic acids is 1. The average Bonchev–Trinajstić information content (AvgIpc) is 2.29. The minimum Gasteiger partial charge on any atom is -0.481 e. The first-order valence-corrected chi connectivity index (χ1v) is 5.99. The number of rotatable bonds is 2. The molecule has 1 aliphatic rings. The van der Waals surface area contributed by atoms with Gasteiger partial charge in [-0.1, -0.05) is 11.6 Å². The number of hydrogen-bond acceptors (Lipinski definition) is 4. The minimum absolute atomic E-state index is 0.0885. The highest BCUT2D eigenvalue weighted by molar-refractivity contribution is 6.33. The minimum atomic E-state index is -0.777. The van der Waals surface area contributed by atoms with Gasteiger partial charge in [0, 0.05) is 13.1 Å². The Morgan fingerprint density at radius 1 is 1.53 bits per heavy atom. The summed E-state index contributed by atoms with van der Waals surface area (Å²) in [7, 11) is 0. The number of carboxylic acids is 1. The zero-order valence-corrected chi connectivity index (χ0v) is 10.4. The van der Waals surface area contributed by atoms with E-state index in [0.717, 1.165) is 13.0 Å². The van der Waals surface area contributed by atoms with Crippen LogP contribution in [0.25, 0.3) is 0 Å². The molecule has 2 heterocycles. The highest BCUT2D eigenvalue weighted by atomic mass is 35.5. The summed E-state index contributed by atoms with van der Waals surface area (Å²) < 4.78 is 0. The van der Waals surface area contributed by atoms with E-state index in [9.17, 15) is 4.79 Å². The first-order chi connectivity index (χ1) is 8.08. The van der Waals surface area contributed by atoms with E-state index in [1.807, 2.05) is 4.90 Å². The van der Waals surface area contributed by atoms with E-state index in [4.69, 9.17) is 28.3 Å². The third-order valence-electron chi connectivity index (χ3n) is 2.81. The van der Waals surface area contributed by atoms with Crippen molar-refractivity contribution in [3.8, 4) is 0 Å². The number of carbonyl (C=O) groups is 1. The number of aromatic nitrogens is 2. The van der Waals surface area contributed by atoms with Crippen molar-refractivity contribution in [2.24, 2.45) is 5.92 Å². The molecule has 0 spiro atoms. The van der Waals surface area contributed by atoms with Crippen molar-refractivity contribution in [2.45, 2.75) is 12.8 Å². The second kappa shape index (κ2) is 5.06. The van der Waals surface area contributed by atoms with Gasteiger partial charge in [0.05, 0.1) is 17.8 Å². The molecule has 0 radical (unpaired) electrons. The SMILES string of the molecule is O=C(O)[C@H]1CCCN(c2cnc(Cl)nc2Cl)C1. The fourth-order valence-electron chi connectivity index (χ4n) is 1.94. The zero-order chi connectivity index (χ0) is 12.4. The monoisotopic (exact) mass is 275 g/mol. The highest BCUT2D eigenvalue weighted by Crippen LogP contribution is 2.28. The van der Waals surface area contributed by atoms with E-state index >= 15 is 0 Å². The van der Waals surface area contributed by atoms with Crippen LogP contribution in [0.15, 0.2) is 6.20 Å². The number of nitrogens with zero attached hydrogens (tertiary/aromatic N) is 3. The van der Waals surface area contributed by atoms with Crippen LogP contribution in [-0.4, -0.2) is 34.1 Å². The molecule has 1 N–H and O–H groups in total. The van der Waals surface area contributed by atoms with Gasteiger partial charge in [0.2, 0.25) is 5.28 Å². The lowest BCUT2D eigenvalue weighted by molar-refractivity contribution is -0.141. The molecular weight excluding hydrogens is 265 g/mol. The molecule has 1 aliphatic heterocycles. The van der Waals surface area contributed by atoms with Crippen molar-refractivity contribution in [1.82, 2.24) is 9.97 Å². The van der Waals surface area contributed by atoms with Crippen LogP contribution in [0.5, 0.6) is 0 Å². The van der Waals surface area contributed by atoms with Crippen LogP contribution in [0.1, 0.15) is 12.8 Å². The Balaban J connectivity index is 2.19. The van der Waals surface area contributed by atoms with Gasteiger partial charge in [-0.25, -0.2) is 9.97 Å². The lowest BCUT2D eigenvalue weighted by atomic mass is 9.98. The first-order valence-electron chi connectivity index (χ1n) is 5.23. The smallest absolute Gasteiger partial charge is 0.308 e. The standard InChI is InChI=1S/C10H11Cl2N3O2/c11-8-7(4-13-10(12)14-8)15-3-1-2-6(5-15)9(16)17/h4,6H,1-3,5H2,(H,16,17)/t6-/m0/s1. The second-order valence-corrected chi connectivity index (χ2v) is 4.63. The van der Waals surface area contributed by atoms with Gasteiger partial charge < -0.3 is 10.0 Å². The maximum Gasteiger partial charge on any atom is 0.308 e. The quantitative estimate of drug-likeness (QED) is 0.661. The van der Waals surface area contributed by atoms with Gasteiger partial charge in [-0.2, -0.15) is 0 Å². The number of halogens is 2. The molecule has 0 aliphatic carbocycles. The number of carboxylic acid groups (broad SMARTS) is 1. The Morgan fingerprint density at radius 2 is 2.29 bits per heavy atom. The Bertz CT molecular complexity index is 442. The van der Waals surface area contributed by atoms with Crippen LogP contribution in [-0.2, 0) is 4.79 Å². The van der Waals surface area contributed by atoms with E-state index in [0.29, 0.717) is 18.7 Å². The largest absolute Gasteiger partial charge is 0.481 e. The number of hydrogen-bond donors (Lipinski definition) is 1. The third kappa shape index (κ3) is 2.79. The van der Waals surface area contributed by atoms with Gasteiger partial charge >= 0.3 is 5.97 Å². The van der Waals surface area contributed by atoms with Crippen molar-refractivity contribution >= 4 is 34.9 Å². The van der Waals surface area contributed by atoms with E-state index in [2.05, 4.69) is 9.97 Å². The Kier molecular flexibility index (Phi) is 3.69. The lowest BCUT2D eigenvalue weighted by Crippen LogP contribution is -2.39. The van der Waals surface area contributed by atoms with E-state index in [1.165, 1.54) is 6.20 Å². The fraction of sp³-hybridized carbons (Fsp3) is 0.500. The number of anilines is 1. The van der Waals surface area contributed by atoms with Gasteiger partial charge in [-0.3, -0.25) is 4.79 Å². The molecule has 92 valence electrons. The van der Waals surface area contributed by atoms with E-state index in [-0.39, 0.29) is 16.4 Å². The Morgan fingerprint density at radius 3 is 2.94 bits per heavy atom. The van der Waals surface area contributed by atoms with Gasteiger partial charge in [0.15, 0.2) is 5.15 Å². The molecule has 2 rings (SSSR count). The van der Waals surface area contributed by atoms with Gasteiger partial charge in [0.25, 0.3) is 0 Å².